The molecular formula is C12H15BrFNO3. The lowest BCUT2D eigenvalue weighted by Crippen LogP contribution is -2.32. The molecule has 0 aliphatic heterocycles. The van der Waals surface area contributed by atoms with Crippen LogP contribution in [0.3, 0.4) is 0 Å². The van der Waals surface area contributed by atoms with E-state index in [9.17, 15) is 9.18 Å². The van der Waals surface area contributed by atoms with E-state index in [0.717, 1.165) is 0 Å². The maximum absolute atomic E-state index is 13.2. The molecule has 0 spiro atoms. The van der Waals surface area contributed by atoms with Crippen LogP contribution in [0.1, 0.15) is 26.3 Å². The van der Waals surface area contributed by atoms with Crippen LogP contribution in [-0.2, 0) is 16.2 Å². The summed E-state index contributed by atoms with van der Waals surface area (Å²) in [6.45, 7) is 5.30. The minimum atomic E-state index is -0.680. The molecule has 0 bridgehead atoms. The number of carbonyl (C=O) groups is 1. The highest BCUT2D eigenvalue weighted by molar-refractivity contribution is 9.10. The van der Waals surface area contributed by atoms with Gasteiger partial charge >= 0.3 is 6.09 Å². The van der Waals surface area contributed by atoms with E-state index in [-0.39, 0.29) is 12.4 Å². The van der Waals surface area contributed by atoms with E-state index in [1.165, 1.54) is 6.07 Å². The second-order valence-electron chi connectivity index (χ2n) is 4.64. The summed E-state index contributed by atoms with van der Waals surface area (Å²) < 4.78 is 18.5. The molecule has 0 saturated heterocycles. The largest absolute Gasteiger partial charge is 0.442 e. The molecule has 1 rings (SSSR count). The highest BCUT2D eigenvalue weighted by Crippen LogP contribution is 2.16. The minimum absolute atomic E-state index is 0.0590. The van der Waals surface area contributed by atoms with E-state index in [2.05, 4.69) is 21.4 Å². The zero-order valence-corrected chi connectivity index (χ0v) is 12.0. The Labute approximate surface area is 114 Å². The van der Waals surface area contributed by atoms with Gasteiger partial charge in [0.2, 0.25) is 0 Å². The zero-order valence-electron chi connectivity index (χ0n) is 10.4. The number of hydroxylamine groups is 1. The molecule has 1 N–H and O–H groups in total. The minimum Gasteiger partial charge on any atom is -0.442 e. The summed E-state index contributed by atoms with van der Waals surface area (Å²) >= 11 is 3.05. The SMILES string of the molecule is CC(C)(C)OC(=O)NOCc1ccc(Br)c(F)c1. The summed E-state index contributed by atoms with van der Waals surface area (Å²) in [5.41, 5.74) is 2.14. The van der Waals surface area contributed by atoms with Gasteiger partial charge in [-0.2, -0.15) is 5.48 Å². The Morgan fingerprint density at radius 2 is 2.11 bits per heavy atom. The third-order valence-electron chi connectivity index (χ3n) is 1.78. The number of rotatable bonds is 3. The van der Waals surface area contributed by atoms with Crippen molar-refractivity contribution in [3.63, 3.8) is 0 Å². The van der Waals surface area contributed by atoms with Crippen LogP contribution in [0.4, 0.5) is 9.18 Å². The number of benzene rings is 1. The van der Waals surface area contributed by atoms with Crippen molar-refractivity contribution in [2.45, 2.75) is 33.0 Å². The van der Waals surface area contributed by atoms with Crippen LogP contribution >= 0.6 is 15.9 Å². The van der Waals surface area contributed by atoms with Crippen molar-refractivity contribution < 1.29 is 18.8 Å². The van der Waals surface area contributed by atoms with Crippen LogP contribution in [0, 0.1) is 5.82 Å². The average Bonchev–Trinajstić information content (AvgIpc) is 2.20. The number of nitrogens with one attached hydrogen (secondary N) is 1. The molecule has 0 saturated carbocycles. The molecule has 1 aromatic rings. The van der Waals surface area contributed by atoms with Crippen LogP contribution in [-0.4, -0.2) is 11.7 Å². The smallest absolute Gasteiger partial charge is 0.431 e. The summed E-state index contributed by atoms with van der Waals surface area (Å²) in [5, 5.41) is 0. The first kappa shape index (κ1) is 14.9. The number of halogens is 2. The van der Waals surface area contributed by atoms with Gasteiger partial charge < -0.3 is 4.74 Å². The molecular weight excluding hydrogens is 305 g/mol. The highest BCUT2D eigenvalue weighted by atomic mass is 79.9. The van der Waals surface area contributed by atoms with E-state index >= 15 is 0 Å². The summed E-state index contributed by atoms with van der Waals surface area (Å²) in [6, 6.07) is 4.58. The molecule has 0 heterocycles. The molecule has 100 valence electrons. The van der Waals surface area contributed by atoms with Crippen molar-refractivity contribution >= 4 is 22.0 Å². The summed E-state index contributed by atoms with van der Waals surface area (Å²) in [5.74, 6) is -0.381. The molecule has 6 heteroatoms. The quantitative estimate of drug-likeness (QED) is 0.867. The molecule has 0 aliphatic carbocycles. The van der Waals surface area contributed by atoms with Crippen molar-refractivity contribution in [3.8, 4) is 0 Å². The lowest BCUT2D eigenvalue weighted by molar-refractivity contribution is -0.0137. The third kappa shape index (κ3) is 5.46. The summed E-state index contributed by atoms with van der Waals surface area (Å²) in [7, 11) is 0. The molecule has 0 aliphatic rings. The van der Waals surface area contributed by atoms with E-state index in [1.54, 1.807) is 32.9 Å². The fourth-order valence-electron chi connectivity index (χ4n) is 1.11. The molecule has 0 atom stereocenters. The predicted octanol–water partition coefficient (Wildman–Crippen LogP) is 3.54. The monoisotopic (exact) mass is 319 g/mol. The zero-order chi connectivity index (χ0) is 13.8. The van der Waals surface area contributed by atoms with Crippen molar-refractivity contribution in [2.75, 3.05) is 0 Å². The summed E-state index contributed by atoms with van der Waals surface area (Å²) in [6.07, 6.45) is -0.680. The van der Waals surface area contributed by atoms with Gasteiger partial charge in [0.05, 0.1) is 11.1 Å². The molecule has 0 radical (unpaired) electrons. The van der Waals surface area contributed by atoms with Gasteiger partial charge in [-0.15, -0.1) is 0 Å². The Balaban J connectivity index is 2.38. The van der Waals surface area contributed by atoms with Crippen LogP contribution in [0.2, 0.25) is 0 Å². The lowest BCUT2D eigenvalue weighted by Gasteiger charge is -2.19. The maximum Gasteiger partial charge on any atom is 0.431 e. The van der Waals surface area contributed by atoms with Crippen molar-refractivity contribution in [1.29, 1.82) is 0 Å². The van der Waals surface area contributed by atoms with Crippen molar-refractivity contribution in [3.05, 3.63) is 34.1 Å². The first-order valence-electron chi connectivity index (χ1n) is 5.32. The number of hydrogen-bond donors (Lipinski definition) is 1. The average molecular weight is 320 g/mol. The molecule has 1 aromatic carbocycles. The van der Waals surface area contributed by atoms with Gasteiger partial charge in [-0.05, 0) is 54.4 Å². The van der Waals surface area contributed by atoms with E-state index in [1.807, 2.05) is 0 Å². The van der Waals surface area contributed by atoms with E-state index in [4.69, 9.17) is 9.57 Å². The number of amides is 1. The Bertz CT molecular complexity index is 432. The second kappa shape index (κ2) is 6.15. The van der Waals surface area contributed by atoms with Gasteiger partial charge in [0, 0.05) is 0 Å². The number of ether oxygens (including phenoxy) is 1. The van der Waals surface area contributed by atoms with Crippen molar-refractivity contribution in [2.24, 2.45) is 0 Å². The number of carbonyl (C=O) groups excluding carboxylic acids is 1. The van der Waals surface area contributed by atoms with Gasteiger partial charge in [-0.3, -0.25) is 4.84 Å². The Morgan fingerprint density at radius 1 is 1.44 bits per heavy atom. The predicted molar refractivity (Wildman–Crippen MR) is 68.3 cm³/mol. The summed E-state index contributed by atoms with van der Waals surface area (Å²) in [4.78, 5) is 16.1. The van der Waals surface area contributed by atoms with E-state index < -0.39 is 11.7 Å². The Morgan fingerprint density at radius 3 is 2.67 bits per heavy atom. The van der Waals surface area contributed by atoms with Crippen molar-refractivity contribution in [1.82, 2.24) is 5.48 Å². The standard InChI is InChI=1S/C12H15BrFNO3/c1-12(2,3)18-11(16)15-17-7-8-4-5-9(13)10(14)6-8/h4-6H,7H2,1-3H3,(H,15,16). The normalized spacial score (nSPS) is 11.2. The Kier molecular flexibility index (Phi) is 5.10. The van der Waals surface area contributed by atoms with Gasteiger partial charge in [-0.25, -0.2) is 9.18 Å². The fourth-order valence-corrected chi connectivity index (χ4v) is 1.35. The molecule has 1 amide bonds. The maximum atomic E-state index is 13.2. The molecule has 0 aromatic heterocycles. The highest BCUT2D eigenvalue weighted by Gasteiger charge is 2.15. The first-order chi connectivity index (χ1) is 8.28. The molecule has 18 heavy (non-hydrogen) atoms. The van der Waals surface area contributed by atoms with Crippen LogP contribution in [0.15, 0.2) is 22.7 Å². The van der Waals surface area contributed by atoms with Gasteiger partial charge in [0.1, 0.15) is 11.4 Å². The van der Waals surface area contributed by atoms with Crippen LogP contribution < -0.4 is 5.48 Å². The van der Waals surface area contributed by atoms with Gasteiger partial charge in [0.15, 0.2) is 0 Å². The Hall–Kier alpha value is -1.14. The topological polar surface area (TPSA) is 47.6 Å². The van der Waals surface area contributed by atoms with E-state index in [0.29, 0.717) is 10.0 Å². The molecule has 0 unspecified atom stereocenters. The fraction of sp³-hybridized carbons (Fsp3) is 0.417. The van der Waals surface area contributed by atoms with Crippen LogP contribution in [0.5, 0.6) is 0 Å². The molecule has 0 fully saturated rings. The second-order valence-corrected chi connectivity index (χ2v) is 5.50. The van der Waals surface area contributed by atoms with Gasteiger partial charge in [-0.1, -0.05) is 6.07 Å². The molecule has 4 nitrogen and oxygen atoms in total. The number of hydrogen-bond acceptors (Lipinski definition) is 3. The third-order valence-corrected chi connectivity index (χ3v) is 2.42. The van der Waals surface area contributed by atoms with Crippen LogP contribution in [0.25, 0.3) is 0 Å². The first-order valence-corrected chi connectivity index (χ1v) is 6.12. The lowest BCUT2D eigenvalue weighted by atomic mass is 10.2. The van der Waals surface area contributed by atoms with Gasteiger partial charge in [0.25, 0.3) is 0 Å².